The van der Waals surface area contributed by atoms with Gasteiger partial charge in [-0.25, -0.2) is 0 Å². The SMILES string of the molecule is CCCCOc1ccc2[nH]nnc2c1CC(=O)O. The molecule has 1 heterocycles. The molecule has 0 atom stereocenters. The quantitative estimate of drug-likeness (QED) is 0.761. The van der Waals surface area contributed by atoms with Crippen molar-refractivity contribution in [3.63, 3.8) is 0 Å². The number of nitrogens with one attached hydrogen (secondary N) is 1. The Morgan fingerprint density at radius 1 is 1.50 bits per heavy atom. The molecule has 18 heavy (non-hydrogen) atoms. The van der Waals surface area contributed by atoms with Crippen LogP contribution in [0.15, 0.2) is 12.1 Å². The standard InChI is InChI=1S/C12H15N3O3/c1-2-3-6-18-10-5-4-9-12(14-15-13-9)8(10)7-11(16)17/h4-5H,2-3,6-7H2,1H3,(H,16,17)(H,13,14,15). The maximum Gasteiger partial charge on any atom is 0.308 e. The van der Waals surface area contributed by atoms with E-state index < -0.39 is 5.97 Å². The molecule has 2 N–H and O–H groups in total. The van der Waals surface area contributed by atoms with Crippen molar-refractivity contribution in [1.82, 2.24) is 15.4 Å². The Morgan fingerprint density at radius 2 is 2.33 bits per heavy atom. The summed E-state index contributed by atoms with van der Waals surface area (Å²) in [5.74, 6) is -0.335. The van der Waals surface area contributed by atoms with Gasteiger partial charge in [0.2, 0.25) is 0 Å². The Hall–Kier alpha value is -2.11. The van der Waals surface area contributed by atoms with Gasteiger partial charge in [-0.2, -0.15) is 0 Å². The number of benzene rings is 1. The van der Waals surface area contributed by atoms with E-state index in [-0.39, 0.29) is 6.42 Å². The smallest absolute Gasteiger partial charge is 0.308 e. The summed E-state index contributed by atoms with van der Waals surface area (Å²) in [7, 11) is 0. The molecule has 0 aliphatic heterocycles. The molecule has 0 bridgehead atoms. The predicted octanol–water partition coefficient (Wildman–Crippen LogP) is 1.76. The maximum atomic E-state index is 10.9. The lowest BCUT2D eigenvalue weighted by atomic mass is 10.1. The molecule has 0 aliphatic rings. The number of rotatable bonds is 6. The maximum absolute atomic E-state index is 10.9. The zero-order valence-corrected chi connectivity index (χ0v) is 10.1. The summed E-state index contributed by atoms with van der Waals surface area (Å²) in [4.78, 5) is 10.9. The van der Waals surface area contributed by atoms with Crippen LogP contribution in [-0.4, -0.2) is 33.1 Å². The first-order valence-corrected chi connectivity index (χ1v) is 5.89. The van der Waals surface area contributed by atoms with Crippen LogP contribution in [0.25, 0.3) is 11.0 Å². The van der Waals surface area contributed by atoms with Crippen molar-refractivity contribution in [3.05, 3.63) is 17.7 Å². The minimum atomic E-state index is -0.911. The lowest BCUT2D eigenvalue weighted by molar-refractivity contribution is -0.136. The number of ether oxygens (including phenoxy) is 1. The molecule has 6 nitrogen and oxygen atoms in total. The molecule has 0 fully saturated rings. The fourth-order valence-corrected chi connectivity index (χ4v) is 1.73. The molecule has 0 saturated heterocycles. The van der Waals surface area contributed by atoms with Crippen molar-refractivity contribution < 1.29 is 14.6 Å². The summed E-state index contributed by atoms with van der Waals surface area (Å²) in [6.45, 7) is 2.65. The highest BCUT2D eigenvalue weighted by molar-refractivity contribution is 5.85. The summed E-state index contributed by atoms with van der Waals surface area (Å²) in [5, 5.41) is 19.3. The highest BCUT2D eigenvalue weighted by Gasteiger charge is 2.14. The largest absolute Gasteiger partial charge is 0.493 e. The number of aliphatic carboxylic acids is 1. The second-order valence-corrected chi connectivity index (χ2v) is 4.02. The Balaban J connectivity index is 2.34. The van der Waals surface area contributed by atoms with Gasteiger partial charge >= 0.3 is 5.97 Å². The Kier molecular flexibility index (Phi) is 3.76. The highest BCUT2D eigenvalue weighted by Crippen LogP contribution is 2.26. The van der Waals surface area contributed by atoms with Crippen LogP contribution in [0.4, 0.5) is 0 Å². The van der Waals surface area contributed by atoms with Gasteiger partial charge in [0.15, 0.2) is 0 Å². The number of aromatic amines is 1. The molecule has 0 unspecified atom stereocenters. The van der Waals surface area contributed by atoms with E-state index in [1.165, 1.54) is 0 Å². The molecule has 0 aliphatic carbocycles. The van der Waals surface area contributed by atoms with E-state index in [1.807, 2.05) is 0 Å². The molecule has 2 aromatic rings. The van der Waals surface area contributed by atoms with E-state index in [1.54, 1.807) is 12.1 Å². The predicted molar refractivity (Wildman–Crippen MR) is 65.6 cm³/mol. The normalized spacial score (nSPS) is 10.7. The number of hydrogen-bond donors (Lipinski definition) is 2. The van der Waals surface area contributed by atoms with Gasteiger partial charge < -0.3 is 9.84 Å². The fraction of sp³-hybridized carbons (Fsp3) is 0.417. The van der Waals surface area contributed by atoms with Gasteiger partial charge in [0, 0.05) is 5.56 Å². The van der Waals surface area contributed by atoms with Crippen LogP contribution in [0.1, 0.15) is 25.3 Å². The van der Waals surface area contributed by atoms with Gasteiger partial charge in [0.05, 0.1) is 18.5 Å². The first-order chi connectivity index (χ1) is 8.72. The second kappa shape index (κ2) is 5.48. The van der Waals surface area contributed by atoms with Crippen molar-refractivity contribution >= 4 is 17.0 Å². The molecule has 6 heteroatoms. The number of aromatic nitrogens is 3. The fourth-order valence-electron chi connectivity index (χ4n) is 1.73. The molecule has 2 rings (SSSR count). The first kappa shape index (κ1) is 12.3. The van der Waals surface area contributed by atoms with Crippen molar-refractivity contribution in [2.45, 2.75) is 26.2 Å². The van der Waals surface area contributed by atoms with Gasteiger partial charge in [-0.15, -0.1) is 5.10 Å². The number of unbranched alkanes of at least 4 members (excludes halogenated alkanes) is 1. The molecule has 0 saturated carbocycles. The van der Waals surface area contributed by atoms with E-state index in [0.29, 0.717) is 29.0 Å². The van der Waals surface area contributed by atoms with Gasteiger partial charge in [-0.05, 0) is 18.6 Å². The van der Waals surface area contributed by atoms with E-state index in [0.717, 1.165) is 12.8 Å². The molecule has 0 amide bonds. The highest BCUT2D eigenvalue weighted by atomic mass is 16.5. The summed E-state index contributed by atoms with van der Waals surface area (Å²) in [5.41, 5.74) is 1.85. The van der Waals surface area contributed by atoms with Crippen LogP contribution in [-0.2, 0) is 11.2 Å². The average Bonchev–Trinajstić information content (AvgIpc) is 2.80. The average molecular weight is 249 g/mol. The third-order valence-corrected chi connectivity index (χ3v) is 2.64. The third-order valence-electron chi connectivity index (χ3n) is 2.64. The van der Waals surface area contributed by atoms with Gasteiger partial charge in [0.25, 0.3) is 0 Å². The number of carbonyl (C=O) groups is 1. The van der Waals surface area contributed by atoms with Crippen molar-refractivity contribution in [3.8, 4) is 5.75 Å². The number of carboxylic acid groups (broad SMARTS) is 1. The lowest BCUT2D eigenvalue weighted by Crippen LogP contribution is -2.05. The molecule has 0 radical (unpaired) electrons. The van der Waals surface area contributed by atoms with Crippen LogP contribution in [0.2, 0.25) is 0 Å². The monoisotopic (exact) mass is 249 g/mol. The Morgan fingerprint density at radius 3 is 3.06 bits per heavy atom. The molecular weight excluding hydrogens is 234 g/mol. The van der Waals surface area contributed by atoms with Crippen molar-refractivity contribution in [2.24, 2.45) is 0 Å². The molecule has 0 spiro atoms. The zero-order chi connectivity index (χ0) is 13.0. The zero-order valence-electron chi connectivity index (χ0n) is 10.1. The minimum absolute atomic E-state index is 0.120. The second-order valence-electron chi connectivity index (χ2n) is 4.02. The van der Waals surface area contributed by atoms with Crippen LogP contribution in [0.3, 0.4) is 0 Å². The van der Waals surface area contributed by atoms with Crippen LogP contribution >= 0.6 is 0 Å². The van der Waals surface area contributed by atoms with Gasteiger partial charge in [-0.1, -0.05) is 18.6 Å². The number of hydrogen-bond acceptors (Lipinski definition) is 4. The number of fused-ring (bicyclic) bond motifs is 1. The lowest BCUT2D eigenvalue weighted by Gasteiger charge is -2.10. The molecule has 1 aromatic carbocycles. The van der Waals surface area contributed by atoms with E-state index in [4.69, 9.17) is 9.84 Å². The van der Waals surface area contributed by atoms with Gasteiger partial charge in [-0.3, -0.25) is 9.89 Å². The van der Waals surface area contributed by atoms with E-state index in [2.05, 4.69) is 22.3 Å². The Bertz CT molecular complexity index is 550. The van der Waals surface area contributed by atoms with E-state index >= 15 is 0 Å². The number of nitrogens with zero attached hydrogens (tertiary/aromatic N) is 2. The van der Waals surface area contributed by atoms with Crippen molar-refractivity contribution in [1.29, 1.82) is 0 Å². The van der Waals surface area contributed by atoms with E-state index in [9.17, 15) is 4.79 Å². The molecule has 96 valence electrons. The summed E-state index contributed by atoms with van der Waals surface area (Å²) in [6.07, 6.45) is 1.84. The van der Waals surface area contributed by atoms with Gasteiger partial charge in [0.1, 0.15) is 11.3 Å². The number of H-pyrrole nitrogens is 1. The summed E-state index contributed by atoms with van der Waals surface area (Å²) >= 11 is 0. The summed E-state index contributed by atoms with van der Waals surface area (Å²) < 4.78 is 5.61. The topological polar surface area (TPSA) is 88.1 Å². The van der Waals surface area contributed by atoms with Crippen molar-refractivity contribution in [2.75, 3.05) is 6.61 Å². The molecular formula is C12H15N3O3. The molecule has 1 aromatic heterocycles. The summed E-state index contributed by atoms with van der Waals surface area (Å²) in [6, 6.07) is 3.55. The van der Waals surface area contributed by atoms with Crippen LogP contribution in [0, 0.1) is 0 Å². The van der Waals surface area contributed by atoms with Crippen LogP contribution in [0.5, 0.6) is 5.75 Å². The van der Waals surface area contributed by atoms with Crippen LogP contribution < -0.4 is 4.74 Å². The first-order valence-electron chi connectivity index (χ1n) is 5.89. The third kappa shape index (κ3) is 2.58. The Labute approximate surface area is 104 Å². The minimum Gasteiger partial charge on any atom is -0.493 e. The number of carboxylic acids is 1.